The van der Waals surface area contributed by atoms with Crippen LogP contribution in [0.1, 0.15) is 5.56 Å². The van der Waals surface area contributed by atoms with Gasteiger partial charge in [-0.25, -0.2) is 4.79 Å². The molecular weight excluding hydrogens is 1050 g/mol. The second-order valence-corrected chi connectivity index (χ2v) is 18.4. The van der Waals surface area contributed by atoms with Crippen molar-refractivity contribution < 1.29 is 138 Å². The van der Waals surface area contributed by atoms with Crippen molar-refractivity contribution in [3.05, 3.63) is 76.5 Å². The topological polar surface area (TPSA) is 463 Å². The highest BCUT2D eigenvalue weighted by atomic mass is 16.8. The first kappa shape index (κ1) is 58.3. The van der Waals surface area contributed by atoms with Crippen LogP contribution < -0.4 is 19.6 Å². The minimum atomic E-state index is -2.16. The Bertz CT molecular complexity index is 2770. The predicted molar refractivity (Wildman–Crippen MR) is 253 cm³/mol. The van der Waals surface area contributed by atoms with E-state index in [1.807, 2.05) is 0 Å². The summed E-state index contributed by atoms with van der Waals surface area (Å²) in [5.74, 6) is -4.19. The van der Waals surface area contributed by atoms with Gasteiger partial charge in [0.25, 0.3) is 0 Å². The molecule has 4 aliphatic rings. The number of phenolic OH excluding ortho intramolecular Hbond substituents is 3. The second-order valence-electron chi connectivity index (χ2n) is 18.4. The Morgan fingerprint density at radius 2 is 1.12 bits per heavy atom. The smallest absolute Gasteiger partial charge is 0.331 e. The Kier molecular flexibility index (Phi) is 18.4. The third-order valence-electron chi connectivity index (χ3n) is 13.3. The van der Waals surface area contributed by atoms with Crippen LogP contribution in [0.2, 0.25) is 0 Å². The predicted octanol–water partition coefficient (Wildman–Crippen LogP) is -5.14. The summed E-state index contributed by atoms with van der Waals surface area (Å²) in [5, 5.41) is 169. The lowest BCUT2D eigenvalue weighted by molar-refractivity contribution is -0.358. The number of esters is 1. The molecule has 0 amide bonds. The number of ether oxygens (including phenoxy) is 10. The molecule has 0 aliphatic carbocycles. The largest absolute Gasteiger partial charge is 0.508 e. The van der Waals surface area contributed by atoms with Crippen molar-refractivity contribution in [2.45, 2.75) is 123 Å². The summed E-state index contributed by atoms with van der Waals surface area (Å²) in [4.78, 5) is 27.9. The van der Waals surface area contributed by atoms with Gasteiger partial charge < -0.3 is 133 Å². The highest BCUT2D eigenvalue weighted by Gasteiger charge is 2.54. The first-order chi connectivity index (χ1) is 37.2. The zero-order chi connectivity index (χ0) is 56.4. The highest BCUT2D eigenvalue weighted by molar-refractivity contribution is 5.89. The average Bonchev–Trinajstić information content (AvgIpc) is 3.47. The van der Waals surface area contributed by atoms with Crippen molar-refractivity contribution in [1.82, 2.24) is 0 Å². The normalized spacial score (nSPS) is 35.4. The Hall–Kier alpha value is -5.88. The first-order valence-corrected chi connectivity index (χ1v) is 23.9. The molecule has 5 heterocycles. The molecule has 0 unspecified atom stereocenters. The van der Waals surface area contributed by atoms with E-state index in [1.165, 1.54) is 55.7 Å². The van der Waals surface area contributed by atoms with Crippen molar-refractivity contribution in [1.29, 1.82) is 0 Å². The van der Waals surface area contributed by atoms with Gasteiger partial charge in [-0.15, -0.1) is 0 Å². The summed E-state index contributed by atoms with van der Waals surface area (Å²) < 4.78 is 62.7. The molecule has 3 aromatic carbocycles. The molecule has 29 nitrogen and oxygen atoms in total. The van der Waals surface area contributed by atoms with Gasteiger partial charge in [0.05, 0.1) is 33.5 Å². The monoisotopic (exact) mass is 1110 g/mol. The molecule has 0 saturated carbocycles. The standard InChI is InChI=1S/C49H58O29/c1-68-23-10-17(2-8-21(23)55)3-9-29(57)75-44-36(63)32(59)26(14-51)72-48(44)78-45-37(64)33(60)27(15-52)73-49(45)77-43-34(61)30-22(56)11-20(12-24(30)70-41(43)18-4-6-19(54)7-5-18)69-46-40(67)38(65)42(28(16-53)74-46)76-47-39(66)35(62)31(58)25(13-50)71-47/h2-12,25-28,31-33,35-40,42,44-56,58-60,62-67H,13-16H2,1H3/b9-3-/t25-,26-,27-,28-,31-,32-,33-,35+,36+,37+,38-,39-,40-,42-,44-,45-,46-,47+,48+,49+/m1/s1. The summed E-state index contributed by atoms with van der Waals surface area (Å²) in [6, 6.07) is 10.8. The van der Waals surface area contributed by atoms with Gasteiger partial charge in [-0.05, 0) is 48.0 Å². The maximum Gasteiger partial charge on any atom is 0.331 e. The number of hydrogen-bond donors (Lipinski definition) is 16. The van der Waals surface area contributed by atoms with E-state index in [0.29, 0.717) is 5.56 Å². The minimum Gasteiger partial charge on any atom is -0.508 e. The van der Waals surface area contributed by atoms with E-state index >= 15 is 0 Å². The zero-order valence-electron chi connectivity index (χ0n) is 40.7. The van der Waals surface area contributed by atoms with E-state index in [1.54, 1.807) is 0 Å². The minimum absolute atomic E-state index is 0.0186. The number of carbonyl (C=O) groups excluding carboxylic acids is 1. The van der Waals surface area contributed by atoms with Crippen LogP contribution >= 0.6 is 0 Å². The lowest BCUT2D eigenvalue weighted by Crippen LogP contribution is -2.65. The van der Waals surface area contributed by atoms with Crippen molar-refractivity contribution in [3.63, 3.8) is 0 Å². The van der Waals surface area contributed by atoms with E-state index in [4.69, 9.17) is 51.8 Å². The third kappa shape index (κ3) is 11.9. The van der Waals surface area contributed by atoms with Crippen LogP contribution in [-0.4, -0.2) is 244 Å². The number of aliphatic hydroxyl groups excluding tert-OH is 13. The van der Waals surface area contributed by atoms with Gasteiger partial charge >= 0.3 is 5.97 Å². The average molecular weight is 1110 g/mol. The van der Waals surface area contributed by atoms with Crippen LogP contribution in [0.5, 0.6) is 34.5 Å². The van der Waals surface area contributed by atoms with Crippen LogP contribution in [0.4, 0.5) is 0 Å². The quantitative estimate of drug-likeness (QED) is 0.0347. The summed E-state index contributed by atoms with van der Waals surface area (Å²) in [6.07, 6.45) is -35.7. The van der Waals surface area contributed by atoms with Gasteiger partial charge in [-0.2, -0.15) is 0 Å². The molecule has 0 radical (unpaired) electrons. The highest BCUT2D eigenvalue weighted by Crippen LogP contribution is 2.40. The molecule has 29 heteroatoms. The molecule has 4 aromatic rings. The van der Waals surface area contributed by atoms with Crippen LogP contribution in [0, 0.1) is 0 Å². The molecule has 20 atom stereocenters. The molecule has 4 aliphatic heterocycles. The zero-order valence-corrected chi connectivity index (χ0v) is 40.7. The molecule has 4 saturated heterocycles. The third-order valence-corrected chi connectivity index (χ3v) is 13.3. The summed E-state index contributed by atoms with van der Waals surface area (Å²) in [5.41, 5.74) is -1.34. The molecule has 8 rings (SSSR count). The first-order valence-electron chi connectivity index (χ1n) is 23.9. The number of phenols is 3. The van der Waals surface area contributed by atoms with Gasteiger partial charge in [0.1, 0.15) is 114 Å². The fourth-order valence-electron chi connectivity index (χ4n) is 9.02. The Morgan fingerprint density at radius 3 is 1.74 bits per heavy atom. The van der Waals surface area contributed by atoms with Crippen molar-refractivity contribution in [2.24, 2.45) is 0 Å². The van der Waals surface area contributed by atoms with Crippen molar-refractivity contribution in [2.75, 3.05) is 33.5 Å². The van der Waals surface area contributed by atoms with Crippen molar-refractivity contribution in [3.8, 4) is 45.8 Å². The van der Waals surface area contributed by atoms with Crippen LogP contribution in [-0.2, 0) is 38.0 Å². The molecule has 428 valence electrons. The Morgan fingerprint density at radius 1 is 0.564 bits per heavy atom. The molecule has 78 heavy (non-hydrogen) atoms. The van der Waals surface area contributed by atoms with E-state index < -0.39 is 195 Å². The molecule has 16 N–H and O–H groups in total. The maximum absolute atomic E-state index is 14.7. The lowest BCUT2D eigenvalue weighted by atomic mass is 9.97. The van der Waals surface area contributed by atoms with Gasteiger partial charge in [0, 0.05) is 23.8 Å². The van der Waals surface area contributed by atoms with Crippen LogP contribution in [0.15, 0.2) is 69.9 Å². The number of hydrogen-bond acceptors (Lipinski definition) is 29. The second kappa shape index (κ2) is 24.6. The summed E-state index contributed by atoms with van der Waals surface area (Å²) in [7, 11) is 1.30. The van der Waals surface area contributed by atoms with Gasteiger partial charge in [0.15, 0.2) is 42.0 Å². The maximum atomic E-state index is 14.7. The number of methoxy groups -OCH3 is 1. The lowest BCUT2D eigenvalue weighted by Gasteiger charge is -2.46. The van der Waals surface area contributed by atoms with Gasteiger partial charge in [-0.1, -0.05) is 6.07 Å². The van der Waals surface area contributed by atoms with Crippen LogP contribution in [0.3, 0.4) is 0 Å². The van der Waals surface area contributed by atoms with E-state index in [-0.39, 0.29) is 22.8 Å². The molecule has 0 bridgehead atoms. The number of aromatic hydroxyl groups is 3. The van der Waals surface area contributed by atoms with Crippen LogP contribution in [0.25, 0.3) is 28.4 Å². The molecule has 1 aromatic heterocycles. The molecule has 0 spiro atoms. The SMILES string of the molecule is COc1cc(/C=C\C(=O)O[C@H]2[C@H](O[C@H]3[C@H](Oc4c(-c5ccc(O)cc5)oc5cc(O[C@@H]6O[C@H](CO)[C@@H](O[C@@H]7O[C@H](CO)[C@@H](O)[C@H](O)[C@H]7O)[C@H](O)[C@H]6O)cc(O)c5c4=O)O[C@H](CO)[C@@H](O)[C@@H]3O)O[C@H](CO)[C@@H](O)[C@@H]2O)ccc1O. The van der Waals surface area contributed by atoms with E-state index in [2.05, 4.69) is 0 Å². The summed E-state index contributed by atoms with van der Waals surface area (Å²) in [6.45, 7) is -3.68. The number of carbonyl (C=O) groups is 1. The number of aliphatic hydroxyl groups is 13. The van der Waals surface area contributed by atoms with Gasteiger partial charge in [-0.3, -0.25) is 4.79 Å². The fourth-order valence-corrected chi connectivity index (χ4v) is 9.02. The van der Waals surface area contributed by atoms with Gasteiger partial charge in [0.2, 0.25) is 23.8 Å². The Balaban J connectivity index is 1.10. The Labute approximate surface area is 439 Å². The number of benzene rings is 3. The number of fused-ring (bicyclic) bond motifs is 1. The number of rotatable bonds is 17. The fraction of sp³-hybridized carbons (Fsp3) is 0.510. The van der Waals surface area contributed by atoms with E-state index in [0.717, 1.165) is 18.2 Å². The van der Waals surface area contributed by atoms with Crippen molar-refractivity contribution >= 4 is 23.0 Å². The summed E-state index contributed by atoms with van der Waals surface area (Å²) >= 11 is 0. The van der Waals surface area contributed by atoms with E-state index in [9.17, 15) is 91.3 Å². The molecular formula is C49H58O29. The molecule has 4 fully saturated rings.